The van der Waals surface area contributed by atoms with Crippen molar-refractivity contribution in [1.29, 1.82) is 0 Å². The van der Waals surface area contributed by atoms with Crippen molar-refractivity contribution in [2.45, 2.75) is 12.8 Å². The van der Waals surface area contributed by atoms with Crippen LogP contribution in [-0.2, 0) is 10.0 Å². The van der Waals surface area contributed by atoms with Gasteiger partial charge in [-0.15, -0.1) is 0 Å². The van der Waals surface area contributed by atoms with Gasteiger partial charge < -0.3 is 5.11 Å². The molecule has 0 bridgehead atoms. The summed E-state index contributed by atoms with van der Waals surface area (Å²) in [5.74, 6) is 5.62. The maximum atomic E-state index is 11.9. The van der Waals surface area contributed by atoms with Crippen molar-refractivity contribution in [3.8, 4) is 11.8 Å². The molecule has 0 heterocycles. The lowest BCUT2D eigenvalue weighted by molar-refractivity contribution is 0.350. The van der Waals surface area contributed by atoms with Crippen molar-refractivity contribution in [3.63, 3.8) is 0 Å². The monoisotopic (exact) mass is 299 g/mol. The minimum absolute atomic E-state index is 0.135. The summed E-state index contributed by atoms with van der Waals surface area (Å²) in [6.07, 6.45) is 1.94. The van der Waals surface area contributed by atoms with Crippen molar-refractivity contribution >= 4 is 27.3 Å². The molecular formula is C13H14ClNO3S. The second-order valence-electron chi connectivity index (χ2n) is 4.48. The lowest BCUT2D eigenvalue weighted by atomic mass is 10.2. The average Bonchev–Trinajstić information content (AvgIpc) is 3.13. The van der Waals surface area contributed by atoms with Crippen LogP contribution in [0.2, 0.25) is 5.02 Å². The number of sulfonamides is 1. The van der Waals surface area contributed by atoms with Gasteiger partial charge in [0.25, 0.3) is 0 Å². The largest absolute Gasteiger partial charge is 0.384 e. The number of aliphatic hydroxyl groups is 1. The maximum Gasteiger partial charge on any atom is 0.233 e. The summed E-state index contributed by atoms with van der Waals surface area (Å²) in [7, 11) is -3.36. The van der Waals surface area contributed by atoms with Crippen LogP contribution in [0, 0.1) is 17.8 Å². The highest BCUT2D eigenvalue weighted by Crippen LogP contribution is 2.31. The third-order valence-corrected chi connectivity index (χ3v) is 4.47. The Labute approximate surface area is 117 Å². The van der Waals surface area contributed by atoms with Crippen molar-refractivity contribution in [3.05, 3.63) is 28.8 Å². The van der Waals surface area contributed by atoms with Gasteiger partial charge in [0, 0.05) is 5.56 Å². The van der Waals surface area contributed by atoms with Gasteiger partial charge >= 0.3 is 0 Å². The fourth-order valence-electron chi connectivity index (χ4n) is 1.63. The van der Waals surface area contributed by atoms with Gasteiger partial charge in [0.2, 0.25) is 10.0 Å². The molecule has 0 spiro atoms. The second kappa shape index (κ2) is 5.83. The molecule has 2 rings (SSSR count). The first-order valence-electron chi connectivity index (χ1n) is 5.90. The first kappa shape index (κ1) is 14.2. The normalized spacial score (nSPS) is 14.6. The zero-order chi connectivity index (χ0) is 13.9. The predicted octanol–water partition coefficient (Wildman–Crippen LogP) is 1.84. The van der Waals surface area contributed by atoms with Crippen molar-refractivity contribution in [2.24, 2.45) is 5.92 Å². The summed E-state index contributed by atoms with van der Waals surface area (Å²) in [5.41, 5.74) is 0.926. The van der Waals surface area contributed by atoms with Crippen LogP contribution in [0.1, 0.15) is 18.4 Å². The Morgan fingerprint density at radius 3 is 2.79 bits per heavy atom. The Morgan fingerprint density at radius 1 is 1.42 bits per heavy atom. The van der Waals surface area contributed by atoms with Gasteiger partial charge in [-0.1, -0.05) is 23.4 Å². The number of anilines is 1. The van der Waals surface area contributed by atoms with E-state index in [1.807, 2.05) is 0 Å². The number of aliphatic hydroxyl groups excluding tert-OH is 1. The highest BCUT2D eigenvalue weighted by molar-refractivity contribution is 7.92. The Morgan fingerprint density at radius 2 is 2.16 bits per heavy atom. The van der Waals surface area contributed by atoms with Gasteiger partial charge in [0.15, 0.2) is 0 Å². The summed E-state index contributed by atoms with van der Waals surface area (Å²) in [6.45, 7) is -0.245. The molecule has 4 nitrogen and oxygen atoms in total. The van der Waals surface area contributed by atoms with Gasteiger partial charge in [0.1, 0.15) is 6.61 Å². The topological polar surface area (TPSA) is 66.4 Å². The molecule has 19 heavy (non-hydrogen) atoms. The van der Waals surface area contributed by atoms with Crippen LogP contribution in [0.5, 0.6) is 0 Å². The molecule has 0 aliphatic heterocycles. The van der Waals surface area contributed by atoms with Crippen LogP contribution in [0.15, 0.2) is 18.2 Å². The Kier molecular flexibility index (Phi) is 4.35. The van der Waals surface area contributed by atoms with Gasteiger partial charge in [0.05, 0.1) is 16.5 Å². The van der Waals surface area contributed by atoms with Gasteiger partial charge in [-0.2, -0.15) is 0 Å². The molecule has 1 aromatic rings. The number of halogens is 1. The molecular weight excluding hydrogens is 286 g/mol. The summed E-state index contributed by atoms with van der Waals surface area (Å²) in [6, 6.07) is 4.82. The van der Waals surface area contributed by atoms with Crippen LogP contribution in [0.3, 0.4) is 0 Å². The van der Waals surface area contributed by atoms with Crippen LogP contribution >= 0.6 is 11.6 Å². The molecule has 2 N–H and O–H groups in total. The van der Waals surface area contributed by atoms with E-state index in [0.717, 1.165) is 12.8 Å². The minimum Gasteiger partial charge on any atom is -0.384 e. The number of hydrogen-bond acceptors (Lipinski definition) is 3. The second-order valence-corrected chi connectivity index (χ2v) is 6.66. The molecule has 1 aromatic carbocycles. The summed E-state index contributed by atoms with van der Waals surface area (Å²) >= 11 is 5.96. The number of nitrogens with one attached hydrogen (secondary N) is 1. The Balaban J connectivity index is 2.18. The predicted molar refractivity (Wildman–Crippen MR) is 75.5 cm³/mol. The molecule has 0 atom stereocenters. The molecule has 0 aromatic heterocycles. The van der Waals surface area contributed by atoms with E-state index in [1.54, 1.807) is 18.2 Å². The standard InChI is InChI=1S/C13H14ClNO3S/c14-12-6-5-10(2-1-7-16)8-13(12)15-19(17,18)9-11-3-4-11/h5-6,8,11,15-16H,3-4,7,9H2. The van der Waals surface area contributed by atoms with Crippen LogP contribution in [0.4, 0.5) is 5.69 Å². The molecule has 0 saturated heterocycles. The van der Waals surface area contributed by atoms with E-state index in [1.165, 1.54) is 0 Å². The number of benzene rings is 1. The van der Waals surface area contributed by atoms with Crippen LogP contribution < -0.4 is 4.72 Å². The zero-order valence-electron chi connectivity index (χ0n) is 10.2. The first-order valence-corrected chi connectivity index (χ1v) is 7.93. The zero-order valence-corrected chi connectivity index (χ0v) is 11.8. The molecule has 1 saturated carbocycles. The Hall–Kier alpha value is -1.22. The maximum absolute atomic E-state index is 11.9. The van der Waals surface area contributed by atoms with E-state index in [2.05, 4.69) is 16.6 Å². The van der Waals surface area contributed by atoms with Crippen LogP contribution in [0.25, 0.3) is 0 Å². The number of hydrogen-bond donors (Lipinski definition) is 2. The Bertz CT molecular complexity index is 627. The van der Waals surface area contributed by atoms with Gasteiger partial charge in [-0.05, 0) is 37.0 Å². The smallest absolute Gasteiger partial charge is 0.233 e. The van der Waals surface area contributed by atoms with E-state index in [4.69, 9.17) is 16.7 Å². The lowest BCUT2D eigenvalue weighted by Gasteiger charge is -2.09. The molecule has 0 amide bonds. The first-order chi connectivity index (χ1) is 9.00. The van der Waals surface area contributed by atoms with E-state index in [0.29, 0.717) is 16.3 Å². The summed E-state index contributed by atoms with van der Waals surface area (Å²) in [5, 5.41) is 8.96. The van der Waals surface area contributed by atoms with Gasteiger partial charge in [-0.25, -0.2) is 8.42 Å². The number of rotatable bonds is 4. The quantitative estimate of drug-likeness (QED) is 0.834. The third-order valence-electron chi connectivity index (χ3n) is 2.70. The molecule has 1 fully saturated rings. The fraction of sp³-hybridized carbons (Fsp3) is 0.385. The molecule has 0 radical (unpaired) electrons. The van der Waals surface area contributed by atoms with Crippen molar-refractivity contribution in [2.75, 3.05) is 17.1 Å². The fourth-order valence-corrected chi connectivity index (χ4v) is 3.39. The molecule has 6 heteroatoms. The SMILES string of the molecule is O=S(=O)(CC1CC1)Nc1cc(C#CCO)ccc1Cl. The highest BCUT2D eigenvalue weighted by Gasteiger charge is 2.28. The molecule has 1 aliphatic carbocycles. The van der Waals surface area contributed by atoms with E-state index < -0.39 is 10.0 Å². The van der Waals surface area contributed by atoms with Crippen molar-refractivity contribution < 1.29 is 13.5 Å². The average molecular weight is 300 g/mol. The lowest BCUT2D eigenvalue weighted by Crippen LogP contribution is -2.18. The molecule has 1 aliphatic rings. The molecule has 0 unspecified atom stereocenters. The van der Waals surface area contributed by atoms with E-state index >= 15 is 0 Å². The van der Waals surface area contributed by atoms with E-state index in [9.17, 15) is 8.42 Å². The van der Waals surface area contributed by atoms with Crippen molar-refractivity contribution in [1.82, 2.24) is 0 Å². The third kappa shape index (κ3) is 4.43. The van der Waals surface area contributed by atoms with E-state index in [-0.39, 0.29) is 18.3 Å². The highest BCUT2D eigenvalue weighted by atomic mass is 35.5. The van der Waals surface area contributed by atoms with Gasteiger partial charge in [-0.3, -0.25) is 4.72 Å². The summed E-state index contributed by atoms with van der Waals surface area (Å²) in [4.78, 5) is 0. The summed E-state index contributed by atoms with van der Waals surface area (Å²) < 4.78 is 26.2. The molecule has 102 valence electrons. The van der Waals surface area contributed by atoms with Crippen LogP contribution in [-0.4, -0.2) is 25.9 Å². The minimum atomic E-state index is -3.36.